The van der Waals surface area contributed by atoms with Crippen LogP contribution in [0.25, 0.3) is 0 Å². The molecule has 112 valence electrons. The van der Waals surface area contributed by atoms with E-state index in [1.807, 2.05) is 26.1 Å². The van der Waals surface area contributed by atoms with E-state index >= 15 is 0 Å². The summed E-state index contributed by atoms with van der Waals surface area (Å²) < 4.78 is 13.8. The van der Waals surface area contributed by atoms with E-state index < -0.39 is 10.8 Å². The molecule has 2 atom stereocenters. The van der Waals surface area contributed by atoms with Crippen molar-refractivity contribution >= 4 is 16.7 Å². The van der Waals surface area contributed by atoms with Gasteiger partial charge in [0.2, 0.25) is 0 Å². The molecule has 0 radical (unpaired) electrons. The molecule has 2 unspecified atom stereocenters. The van der Waals surface area contributed by atoms with Gasteiger partial charge in [-0.15, -0.1) is 0 Å². The Balaban J connectivity index is 2.08. The SMILES string of the molecule is CCS(=O)c1ccccc1C(=O)NC(C)Cn1cccn1. The highest BCUT2D eigenvalue weighted by molar-refractivity contribution is 7.85. The fourth-order valence-electron chi connectivity index (χ4n) is 2.04. The second-order valence-electron chi connectivity index (χ2n) is 4.73. The smallest absolute Gasteiger partial charge is 0.252 e. The Morgan fingerprint density at radius 1 is 1.38 bits per heavy atom. The number of amides is 1. The molecular formula is C15H19N3O2S. The summed E-state index contributed by atoms with van der Waals surface area (Å²) in [7, 11) is -1.15. The van der Waals surface area contributed by atoms with E-state index in [9.17, 15) is 9.00 Å². The van der Waals surface area contributed by atoms with E-state index in [2.05, 4.69) is 10.4 Å². The fraction of sp³-hybridized carbons (Fsp3) is 0.333. The van der Waals surface area contributed by atoms with E-state index in [0.717, 1.165) is 0 Å². The summed E-state index contributed by atoms with van der Waals surface area (Å²) in [6, 6.07) is 8.80. The van der Waals surface area contributed by atoms with Gasteiger partial charge in [0, 0.05) is 24.2 Å². The topological polar surface area (TPSA) is 64.0 Å². The summed E-state index contributed by atoms with van der Waals surface area (Å²) in [4.78, 5) is 12.9. The maximum absolute atomic E-state index is 12.3. The van der Waals surface area contributed by atoms with Crippen LogP contribution in [0.2, 0.25) is 0 Å². The van der Waals surface area contributed by atoms with Gasteiger partial charge in [0.1, 0.15) is 0 Å². The summed E-state index contributed by atoms with van der Waals surface area (Å²) in [6.45, 7) is 4.35. The van der Waals surface area contributed by atoms with Gasteiger partial charge in [-0.05, 0) is 25.1 Å². The van der Waals surface area contributed by atoms with Gasteiger partial charge in [-0.1, -0.05) is 19.1 Å². The van der Waals surface area contributed by atoms with Crippen LogP contribution in [0.1, 0.15) is 24.2 Å². The zero-order valence-corrected chi connectivity index (χ0v) is 13.0. The van der Waals surface area contributed by atoms with E-state index in [0.29, 0.717) is 22.8 Å². The predicted molar refractivity (Wildman–Crippen MR) is 82.5 cm³/mol. The molecular weight excluding hydrogens is 286 g/mol. The van der Waals surface area contributed by atoms with Crippen LogP contribution in [0.4, 0.5) is 0 Å². The van der Waals surface area contributed by atoms with E-state index in [-0.39, 0.29) is 11.9 Å². The first-order valence-corrected chi connectivity index (χ1v) is 8.19. The molecule has 0 fully saturated rings. The monoisotopic (exact) mass is 305 g/mol. The highest BCUT2D eigenvalue weighted by Gasteiger charge is 2.16. The van der Waals surface area contributed by atoms with E-state index in [4.69, 9.17) is 0 Å². The molecule has 1 aromatic carbocycles. The maximum atomic E-state index is 12.3. The van der Waals surface area contributed by atoms with Crippen molar-refractivity contribution in [3.63, 3.8) is 0 Å². The number of benzene rings is 1. The van der Waals surface area contributed by atoms with Gasteiger partial charge in [-0.2, -0.15) is 5.10 Å². The lowest BCUT2D eigenvalue weighted by molar-refractivity contribution is 0.0933. The highest BCUT2D eigenvalue weighted by Crippen LogP contribution is 2.14. The van der Waals surface area contributed by atoms with Crippen LogP contribution in [0.3, 0.4) is 0 Å². The minimum Gasteiger partial charge on any atom is -0.348 e. The molecule has 1 aromatic heterocycles. The zero-order valence-electron chi connectivity index (χ0n) is 12.2. The van der Waals surface area contributed by atoms with Crippen molar-refractivity contribution in [1.29, 1.82) is 0 Å². The van der Waals surface area contributed by atoms with Crippen LogP contribution in [0.5, 0.6) is 0 Å². The number of carbonyl (C=O) groups is 1. The molecule has 2 rings (SSSR count). The summed E-state index contributed by atoms with van der Waals surface area (Å²) in [5, 5.41) is 7.03. The molecule has 0 bridgehead atoms. The molecule has 0 aliphatic rings. The Morgan fingerprint density at radius 3 is 2.81 bits per heavy atom. The van der Waals surface area contributed by atoms with Gasteiger partial charge in [0.05, 0.1) is 27.8 Å². The van der Waals surface area contributed by atoms with Crippen LogP contribution in [0, 0.1) is 0 Å². The number of nitrogens with one attached hydrogen (secondary N) is 1. The summed E-state index contributed by atoms with van der Waals surface area (Å²) >= 11 is 0. The van der Waals surface area contributed by atoms with Gasteiger partial charge in [0.25, 0.3) is 5.91 Å². The molecule has 1 heterocycles. The number of aromatic nitrogens is 2. The molecule has 5 nitrogen and oxygen atoms in total. The molecule has 1 amide bonds. The van der Waals surface area contributed by atoms with Crippen molar-refractivity contribution in [2.24, 2.45) is 0 Å². The predicted octanol–water partition coefficient (Wildman–Crippen LogP) is 1.83. The lowest BCUT2D eigenvalue weighted by atomic mass is 10.2. The third kappa shape index (κ3) is 4.01. The standard InChI is InChI=1S/C15H19N3O2S/c1-3-21(20)14-8-5-4-7-13(14)15(19)17-12(2)11-18-10-6-9-16-18/h4-10,12H,3,11H2,1-2H3,(H,17,19). The maximum Gasteiger partial charge on any atom is 0.252 e. The van der Waals surface area contributed by atoms with Crippen molar-refractivity contribution in [3.05, 3.63) is 48.3 Å². The van der Waals surface area contributed by atoms with Gasteiger partial charge in [-0.25, -0.2) is 0 Å². The van der Waals surface area contributed by atoms with Gasteiger partial charge in [-0.3, -0.25) is 13.7 Å². The normalized spacial score (nSPS) is 13.6. The van der Waals surface area contributed by atoms with Gasteiger partial charge >= 0.3 is 0 Å². The van der Waals surface area contributed by atoms with Crippen LogP contribution >= 0.6 is 0 Å². The molecule has 2 aromatic rings. The first kappa shape index (κ1) is 15.4. The highest BCUT2D eigenvalue weighted by atomic mass is 32.2. The number of hydrogen-bond donors (Lipinski definition) is 1. The van der Waals surface area contributed by atoms with Crippen molar-refractivity contribution in [1.82, 2.24) is 15.1 Å². The quantitative estimate of drug-likeness (QED) is 0.885. The Kier molecular flexibility index (Phi) is 5.27. The fourth-order valence-corrected chi connectivity index (χ4v) is 2.99. The first-order chi connectivity index (χ1) is 10.1. The molecule has 6 heteroatoms. The second kappa shape index (κ2) is 7.17. The second-order valence-corrected chi connectivity index (χ2v) is 6.44. The summed E-state index contributed by atoms with van der Waals surface area (Å²) in [5.74, 6) is 0.291. The minimum atomic E-state index is -1.15. The number of rotatable bonds is 6. The lowest BCUT2D eigenvalue weighted by Crippen LogP contribution is -2.36. The largest absolute Gasteiger partial charge is 0.348 e. The van der Waals surface area contributed by atoms with Crippen LogP contribution < -0.4 is 5.32 Å². The Bertz CT molecular complexity index is 626. The average Bonchev–Trinajstić information content (AvgIpc) is 2.99. The van der Waals surface area contributed by atoms with E-state index in [1.54, 1.807) is 35.1 Å². The molecule has 0 spiro atoms. The number of carbonyl (C=O) groups excluding carboxylic acids is 1. The van der Waals surface area contributed by atoms with Gasteiger partial charge in [0.15, 0.2) is 0 Å². The summed E-state index contributed by atoms with van der Waals surface area (Å²) in [6.07, 6.45) is 3.55. The third-order valence-corrected chi connectivity index (χ3v) is 4.41. The summed E-state index contributed by atoms with van der Waals surface area (Å²) in [5.41, 5.74) is 0.477. The third-order valence-electron chi connectivity index (χ3n) is 3.04. The van der Waals surface area contributed by atoms with Crippen LogP contribution in [-0.2, 0) is 17.3 Å². The van der Waals surface area contributed by atoms with Crippen molar-refractivity contribution in [2.45, 2.75) is 31.3 Å². The first-order valence-electron chi connectivity index (χ1n) is 6.87. The average molecular weight is 305 g/mol. The molecule has 21 heavy (non-hydrogen) atoms. The Labute approximate surface area is 126 Å². The van der Waals surface area contributed by atoms with Crippen molar-refractivity contribution in [2.75, 3.05) is 5.75 Å². The van der Waals surface area contributed by atoms with Crippen molar-refractivity contribution < 1.29 is 9.00 Å². The van der Waals surface area contributed by atoms with Crippen LogP contribution in [0.15, 0.2) is 47.6 Å². The Hall–Kier alpha value is -1.95. The molecule has 0 aliphatic carbocycles. The van der Waals surface area contributed by atoms with E-state index in [1.165, 1.54) is 0 Å². The van der Waals surface area contributed by atoms with Crippen LogP contribution in [-0.4, -0.2) is 31.7 Å². The molecule has 0 saturated carbocycles. The minimum absolute atomic E-state index is 0.0690. The molecule has 0 saturated heterocycles. The van der Waals surface area contributed by atoms with Crippen molar-refractivity contribution in [3.8, 4) is 0 Å². The zero-order chi connectivity index (χ0) is 15.2. The number of hydrogen-bond acceptors (Lipinski definition) is 3. The lowest BCUT2D eigenvalue weighted by Gasteiger charge is -2.15. The molecule has 0 aliphatic heterocycles. The molecule has 1 N–H and O–H groups in total. The van der Waals surface area contributed by atoms with Gasteiger partial charge < -0.3 is 5.32 Å². The number of nitrogens with zero attached hydrogens (tertiary/aromatic N) is 2. The Morgan fingerprint density at radius 2 is 2.14 bits per heavy atom.